The molecule has 2 aliphatic rings. The van der Waals surface area contributed by atoms with E-state index in [9.17, 15) is 18.8 Å². The number of rotatable bonds is 5. The average Bonchev–Trinajstić information content (AvgIpc) is 2.89. The Morgan fingerprint density at radius 1 is 1.27 bits per heavy atom. The van der Waals surface area contributed by atoms with Crippen LogP contribution in [0.4, 0.5) is 9.18 Å². The van der Waals surface area contributed by atoms with Gasteiger partial charge in [-0.2, -0.15) is 0 Å². The molecule has 2 saturated heterocycles. The number of piperidine rings is 1. The number of nitrogens with zero attached hydrogens (tertiary/aromatic N) is 1. The molecular weight excluding hydrogens is 357 g/mol. The second-order valence-electron chi connectivity index (χ2n) is 6.82. The third-order valence-corrected chi connectivity index (χ3v) is 6.15. The van der Waals surface area contributed by atoms with Gasteiger partial charge in [0.15, 0.2) is 0 Å². The molecule has 2 fully saturated rings. The zero-order valence-corrected chi connectivity index (χ0v) is 15.4. The van der Waals surface area contributed by atoms with Gasteiger partial charge in [-0.1, -0.05) is 0 Å². The van der Waals surface area contributed by atoms with Crippen molar-refractivity contribution >= 4 is 29.6 Å². The van der Waals surface area contributed by atoms with Crippen molar-refractivity contribution in [2.75, 3.05) is 18.8 Å². The van der Waals surface area contributed by atoms with E-state index in [0.717, 1.165) is 4.90 Å². The Labute approximate surface area is 155 Å². The molecule has 4 amide bonds. The van der Waals surface area contributed by atoms with E-state index in [1.165, 1.54) is 23.9 Å². The third kappa shape index (κ3) is 4.00. The summed E-state index contributed by atoms with van der Waals surface area (Å²) in [5, 5.41) is 5.01. The number of urea groups is 1. The van der Waals surface area contributed by atoms with Crippen molar-refractivity contribution in [1.29, 1.82) is 0 Å². The molecule has 0 aromatic heterocycles. The Balaban J connectivity index is 1.44. The van der Waals surface area contributed by atoms with E-state index in [1.54, 1.807) is 19.1 Å². The molecule has 0 spiro atoms. The van der Waals surface area contributed by atoms with Crippen molar-refractivity contribution < 1.29 is 18.8 Å². The molecule has 0 bridgehead atoms. The average molecular weight is 379 g/mol. The van der Waals surface area contributed by atoms with E-state index in [0.29, 0.717) is 38.1 Å². The normalized spacial score (nSPS) is 23.7. The number of benzene rings is 1. The van der Waals surface area contributed by atoms with E-state index < -0.39 is 11.6 Å². The first kappa shape index (κ1) is 18.7. The van der Waals surface area contributed by atoms with E-state index in [1.807, 2.05) is 4.90 Å². The lowest BCUT2D eigenvalue weighted by atomic mass is 9.79. The number of imide groups is 1. The summed E-state index contributed by atoms with van der Waals surface area (Å²) in [6.07, 6.45) is 1.78. The van der Waals surface area contributed by atoms with Crippen molar-refractivity contribution in [2.45, 2.75) is 36.6 Å². The third-order valence-electron chi connectivity index (χ3n) is 5.13. The highest BCUT2D eigenvalue weighted by atomic mass is 32.2. The lowest BCUT2D eigenvalue weighted by Gasteiger charge is -2.38. The lowest BCUT2D eigenvalue weighted by Crippen LogP contribution is -2.54. The predicted molar refractivity (Wildman–Crippen MR) is 96.1 cm³/mol. The van der Waals surface area contributed by atoms with Gasteiger partial charge in [-0.15, -0.1) is 11.8 Å². The maximum absolute atomic E-state index is 12.9. The van der Waals surface area contributed by atoms with Crippen molar-refractivity contribution in [3.63, 3.8) is 0 Å². The predicted octanol–water partition coefficient (Wildman–Crippen LogP) is 2.14. The molecule has 8 heteroatoms. The first-order chi connectivity index (χ1) is 12.4. The van der Waals surface area contributed by atoms with Crippen molar-refractivity contribution in [1.82, 2.24) is 15.5 Å². The highest BCUT2D eigenvalue weighted by Crippen LogP contribution is 2.31. The van der Waals surface area contributed by atoms with Crippen LogP contribution in [0.5, 0.6) is 0 Å². The highest BCUT2D eigenvalue weighted by Gasteiger charge is 2.48. The zero-order chi connectivity index (χ0) is 18.7. The number of carbonyl (C=O) groups is 3. The van der Waals surface area contributed by atoms with Gasteiger partial charge in [0.2, 0.25) is 5.91 Å². The van der Waals surface area contributed by atoms with Crippen LogP contribution in [0, 0.1) is 11.7 Å². The molecule has 6 nitrogen and oxygen atoms in total. The molecule has 1 aromatic rings. The standard InChI is InChI=1S/C18H22FN3O3S/c1-18(16(24)20-17(25)21-18)12-6-9-22(10-7-12)15(23)8-11-26-14-4-2-13(19)3-5-14/h2-5,12H,6-11H2,1H3,(H2,20,21,24,25)/t18-/m0/s1. The summed E-state index contributed by atoms with van der Waals surface area (Å²) in [7, 11) is 0. The minimum absolute atomic E-state index is 0.0200. The molecule has 2 N–H and O–H groups in total. The van der Waals surface area contributed by atoms with Crippen molar-refractivity contribution in [3.8, 4) is 0 Å². The van der Waals surface area contributed by atoms with Gasteiger partial charge >= 0.3 is 6.03 Å². The van der Waals surface area contributed by atoms with Crippen LogP contribution in [-0.4, -0.2) is 47.1 Å². The maximum atomic E-state index is 12.9. The zero-order valence-electron chi connectivity index (χ0n) is 14.6. The second-order valence-corrected chi connectivity index (χ2v) is 7.99. The van der Waals surface area contributed by atoms with Crippen LogP contribution in [-0.2, 0) is 9.59 Å². The number of halogens is 1. The first-order valence-electron chi connectivity index (χ1n) is 8.68. The SMILES string of the molecule is C[C@@]1(C2CCN(C(=O)CCSc3ccc(F)cc3)CC2)NC(=O)NC1=O. The van der Waals surface area contributed by atoms with Gasteiger partial charge in [0, 0.05) is 30.2 Å². The van der Waals surface area contributed by atoms with Gasteiger partial charge in [0.25, 0.3) is 5.91 Å². The molecule has 0 radical (unpaired) electrons. The van der Waals surface area contributed by atoms with Crippen LogP contribution in [0.1, 0.15) is 26.2 Å². The number of likely N-dealkylation sites (tertiary alicyclic amines) is 1. The van der Waals surface area contributed by atoms with Gasteiger partial charge in [-0.3, -0.25) is 14.9 Å². The summed E-state index contributed by atoms with van der Waals surface area (Å²) in [5.41, 5.74) is -0.884. The molecule has 1 atom stereocenters. The summed E-state index contributed by atoms with van der Waals surface area (Å²) >= 11 is 1.53. The summed E-state index contributed by atoms with van der Waals surface area (Å²) in [6.45, 7) is 2.92. The molecule has 0 saturated carbocycles. The fourth-order valence-corrected chi connectivity index (χ4v) is 4.34. The summed E-state index contributed by atoms with van der Waals surface area (Å²) < 4.78 is 12.9. The molecule has 3 rings (SSSR count). The molecule has 2 aliphatic heterocycles. The topological polar surface area (TPSA) is 78.5 Å². The number of hydrogen-bond acceptors (Lipinski definition) is 4. The molecule has 0 unspecified atom stereocenters. The summed E-state index contributed by atoms with van der Waals surface area (Å²) in [6, 6.07) is 5.78. The van der Waals surface area contributed by atoms with E-state index in [2.05, 4.69) is 10.6 Å². The Hall–Kier alpha value is -2.09. The minimum atomic E-state index is -0.884. The fraction of sp³-hybridized carbons (Fsp3) is 0.500. The number of amides is 4. The number of carbonyl (C=O) groups excluding carboxylic acids is 3. The van der Waals surface area contributed by atoms with Crippen LogP contribution in [0.15, 0.2) is 29.2 Å². The van der Waals surface area contributed by atoms with Gasteiger partial charge < -0.3 is 10.2 Å². The summed E-state index contributed by atoms with van der Waals surface area (Å²) in [4.78, 5) is 38.6. The second kappa shape index (κ2) is 7.65. The molecule has 140 valence electrons. The molecule has 0 aliphatic carbocycles. The van der Waals surface area contributed by atoms with Crippen molar-refractivity contribution in [2.24, 2.45) is 5.92 Å². The molecule has 1 aromatic carbocycles. The number of thioether (sulfide) groups is 1. The first-order valence-corrected chi connectivity index (χ1v) is 9.67. The van der Waals surface area contributed by atoms with Crippen LogP contribution in [0.25, 0.3) is 0 Å². The quantitative estimate of drug-likeness (QED) is 0.607. The fourth-order valence-electron chi connectivity index (χ4n) is 3.50. The van der Waals surface area contributed by atoms with E-state index in [4.69, 9.17) is 0 Å². The molecule has 2 heterocycles. The van der Waals surface area contributed by atoms with Crippen LogP contribution in [0.2, 0.25) is 0 Å². The van der Waals surface area contributed by atoms with Crippen LogP contribution < -0.4 is 10.6 Å². The van der Waals surface area contributed by atoms with Gasteiger partial charge in [-0.25, -0.2) is 9.18 Å². The number of hydrogen-bond donors (Lipinski definition) is 2. The lowest BCUT2D eigenvalue weighted by molar-refractivity contribution is -0.133. The Kier molecular flexibility index (Phi) is 5.50. The highest BCUT2D eigenvalue weighted by molar-refractivity contribution is 7.99. The largest absolute Gasteiger partial charge is 0.343 e. The Morgan fingerprint density at radius 3 is 2.50 bits per heavy atom. The Bertz CT molecular complexity index is 704. The van der Waals surface area contributed by atoms with Crippen molar-refractivity contribution in [3.05, 3.63) is 30.1 Å². The van der Waals surface area contributed by atoms with Gasteiger partial charge in [-0.05, 0) is 49.9 Å². The Morgan fingerprint density at radius 2 is 1.92 bits per heavy atom. The van der Waals surface area contributed by atoms with Crippen LogP contribution >= 0.6 is 11.8 Å². The molecular formula is C18H22FN3O3S. The maximum Gasteiger partial charge on any atom is 0.322 e. The minimum Gasteiger partial charge on any atom is -0.343 e. The smallest absolute Gasteiger partial charge is 0.322 e. The van der Waals surface area contributed by atoms with Gasteiger partial charge in [0.05, 0.1) is 0 Å². The monoisotopic (exact) mass is 379 g/mol. The molecule has 26 heavy (non-hydrogen) atoms. The van der Waals surface area contributed by atoms with E-state index >= 15 is 0 Å². The number of nitrogens with one attached hydrogen (secondary N) is 2. The van der Waals surface area contributed by atoms with E-state index in [-0.39, 0.29) is 23.5 Å². The summed E-state index contributed by atoms with van der Waals surface area (Å²) in [5.74, 6) is 0.187. The van der Waals surface area contributed by atoms with Crippen LogP contribution in [0.3, 0.4) is 0 Å². The van der Waals surface area contributed by atoms with Gasteiger partial charge in [0.1, 0.15) is 11.4 Å².